The number of aromatic nitrogens is 3. The Bertz CT molecular complexity index is 1600. The van der Waals surface area contributed by atoms with Gasteiger partial charge in [0.2, 0.25) is 0 Å². The molecule has 196 valence electrons. The van der Waals surface area contributed by atoms with E-state index in [-0.39, 0.29) is 5.91 Å². The number of carbonyl (C=O) groups excluding carboxylic acids is 2. The largest absolute Gasteiger partial charge is 0.366 e. The number of nitrogens with one attached hydrogen (secondary N) is 4. The third-order valence-corrected chi connectivity index (χ3v) is 6.19. The summed E-state index contributed by atoms with van der Waals surface area (Å²) in [6.07, 6.45) is 10.3. The number of carbonyl (C=O) groups is 2. The Labute approximate surface area is 222 Å². The van der Waals surface area contributed by atoms with E-state index in [0.29, 0.717) is 29.1 Å². The van der Waals surface area contributed by atoms with Crippen LogP contribution in [0.1, 0.15) is 45.7 Å². The fourth-order valence-corrected chi connectivity index (χ4v) is 4.18. The van der Waals surface area contributed by atoms with Gasteiger partial charge in [-0.15, -0.1) is 0 Å². The number of imidazole rings is 1. The van der Waals surface area contributed by atoms with Crippen molar-refractivity contribution >= 4 is 41.0 Å². The van der Waals surface area contributed by atoms with E-state index in [2.05, 4.69) is 30.9 Å². The molecule has 2 amide bonds. The monoisotopic (exact) mass is 526 g/mol. The van der Waals surface area contributed by atoms with Gasteiger partial charge in [-0.25, -0.2) is 18.7 Å². The van der Waals surface area contributed by atoms with Gasteiger partial charge in [0.15, 0.2) is 11.6 Å². The lowest BCUT2D eigenvalue weighted by Crippen LogP contribution is -2.27. The van der Waals surface area contributed by atoms with Crippen molar-refractivity contribution in [2.75, 3.05) is 17.2 Å². The highest BCUT2D eigenvalue weighted by Gasteiger charge is 2.24. The van der Waals surface area contributed by atoms with E-state index in [1.807, 2.05) is 30.4 Å². The number of anilines is 2. The number of amides is 2. The molecule has 2 aromatic carbocycles. The molecule has 0 bridgehead atoms. The first-order valence-electron chi connectivity index (χ1n) is 12.2. The highest BCUT2D eigenvalue weighted by atomic mass is 19.2. The molecule has 4 aromatic rings. The van der Waals surface area contributed by atoms with E-state index < -0.39 is 23.6 Å². The summed E-state index contributed by atoms with van der Waals surface area (Å²) in [6, 6.07) is 11.9. The van der Waals surface area contributed by atoms with Crippen LogP contribution in [0.5, 0.6) is 0 Å². The van der Waals surface area contributed by atoms with E-state index >= 15 is 0 Å². The number of H-pyrrole nitrogens is 1. The minimum Gasteiger partial charge on any atom is -0.366 e. The van der Waals surface area contributed by atoms with Gasteiger partial charge in [0.1, 0.15) is 5.82 Å². The van der Waals surface area contributed by atoms with Crippen molar-refractivity contribution in [1.82, 2.24) is 20.3 Å². The Kier molecular flexibility index (Phi) is 7.26. The van der Waals surface area contributed by atoms with Crippen LogP contribution < -0.4 is 16.0 Å². The standard InChI is InChI=1S/C29H24F2N6O2/c1-17(19-7-9-24(30)25(31)13-19)36-28(38)22-5-3-11-34-27(22)33-10-2-4-18-6-8-21-23(14-20-15-32-16-35-20)29(39)37-26(21)12-18/h2-9,11-17H,10H2,1H3,(H,32,35)(H,33,34)(H,36,38)(H,37,39)/b4-2+,23-14-/t17-/m0/s1. The fraction of sp³-hybridized carbons (Fsp3) is 0.103. The Morgan fingerprint density at radius 2 is 2.00 bits per heavy atom. The molecule has 0 saturated carbocycles. The number of fused-ring (bicyclic) bond motifs is 1. The first kappa shape index (κ1) is 25.5. The fourth-order valence-electron chi connectivity index (χ4n) is 4.18. The zero-order valence-electron chi connectivity index (χ0n) is 20.8. The SMILES string of the molecule is C[C@H](NC(=O)c1cccnc1NC/C=C/c1ccc2c(c1)NC(=O)/C2=C\c1cnc[nH]1)c1ccc(F)c(F)c1. The van der Waals surface area contributed by atoms with Gasteiger partial charge in [-0.3, -0.25) is 9.59 Å². The van der Waals surface area contributed by atoms with Gasteiger partial charge in [0, 0.05) is 24.0 Å². The molecule has 1 aliphatic heterocycles. The number of halogens is 2. The quantitative estimate of drug-likeness (QED) is 0.236. The van der Waals surface area contributed by atoms with Crippen LogP contribution in [0.2, 0.25) is 0 Å². The number of aromatic amines is 1. The molecule has 1 aliphatic rings. The molecule has 8 nitrogen and oxygen atoms in total. The van der Waals surface area contributed by atoms with E-state index in [9.17, 15) is 18.4 Å². The van der Waals surface area contributed by atoms with Crippen LogP contribution in [0.4, 0.5) is 20.3 Å². The Hall–Kier alpha value is -5.12. The second-order valence-electron chi connectivity index (χ2n) is 8.88. The van der Waals surface area contributed by atoms with Gasteiger partial charge >= 0.3 is 0 Å². The van der Waals surface area contributed by atoms with E-state index in [1.54, 1.807) is 43.9 Å². The van der Waals surface area contributed by atoms with Crippen LogP contribution in [-0.2, 0) is 4.79 Å². The third kappa shape index (κ3) is 5.74. The highest BCUT2D eigenvalue weighted by Crippen LogP contribution is 2.33. The molecule has 10 heteroatoms. The number of nitrogens with zero attached hydrogens (tertiary/aromatic N) is 2. The second kappa shape index (κ2) is 11.1. The summed E-state index contributed by atoms with van der Waals surface area (Å²) < 4.78 is 26.8. The molecule has 0 unspecified atom stereocenters. The van der Waals surface area contributed by atoms with Crippen LogP contribution in [0.3, 0.4) is 0 Å². The van der Waals surface area contributed by atoms with Gasteiger partial charge in [-0.1, -0.05) is 30.4 Å². The molecule has 3 heterocycles. The smallest absolute Gasteiger partial charge is 0.256 e. The summed E-state index contributed by atoms with van der Waals surface area (Å²) in [5.41, 5.74) is 4.48. The summed E-state index contributed by atoms with van der Waals surface area (Å²) >= 11 is 0. The number of pyridine rings is 1. The van der Waals surface area contributed by atoms with Crippen LogP contribution in [-0.4, -0.2) is 33.3 Å². The van der Waals surface area contributed by atoms with Gasteiger partial charge in [-0.2, -0.15) is 0 Å². The van der Waals surface area contributed by atoms with Crippen molar-refractivity contribution in [2.24, 2.45) is 0 Å². The highest BCUT2D eigenvalue weighted by molar-refractivity contribution is 6.34. The van der Waals surface area contributed by atoms with E-state index in [0.717, 1.165) is 34.6 Å². The molecule has 0 spiro atoms. The van der Waals surface area contributed by atoms with Gasteiger partial charge < -0.3 is 20.9 Å². The lowest BCUT2D eigenvalue weighted by Gasteiger charge is -2.16. The van der Waals surface area contributed by atoms with Crippen LogP contribution in [0.25, 0.3) is 17.7 Å². The minimum absolute atomic E-state index is 0.178. The number of hydrogen-bond acceptors (Lipinski definition) is 5. The Morgan fingerprint density at radius 1 is 1.13 bits per heavy atom. The maximum atomic E-state index is 13.6. The summed E-state index contributed by atoms with van der Waals surface area (Å²) in [5, 5.41) is 8.80. The van der Waals surface area contributed by atoms with E-state index in [1.165, 1.54) is 6.07 Å². The minimum atomic E-state index is -0.971. The Balaban J connectivity index is 1.22. The first-order valence-corrected chi connectivity index (χ1v) is 12.2. The zero-order chi connectivity index (χ0) is 27.4. The number of rotatable bonds is 8. The maximum Gasteiger partial charge on any atom is 0.256 e. The van der Waals surface area contributed by atoms with E-state index in [4.69, 9.17) is 0 Å². The van der Waals surface area contributed by atoms with Crippen molar-refractivity contribution in [3.8, 4) is 0 Å². The molecule has 0 fully saturated rings. The molecule has 4 N–H and O–H groups in total. The summed E-state index contributed by atoms with van der Waals surface area (Å²) in [5.74, 6) is -2.11. The lowest BCUT2D eigenvalue weighted by atomic mass is 10.0. The van der Waals surface area contributed by atoms with Gasteiger partial charge in [0.25, 0.3) is 11.8 Å². The third-order valence-electron chi connectivity index (χ3n) is 6.19. The maximum absolute atomic E-state index is 13.6. The number of benzene rings is 2. The molecule has 5 rings (SSSR count). The zero-order valence-corrected chi connectivity index (χ0v) is 20.8. The summed E-state index contributed by atoms with van der Waals surface area (Å²) in [4.78, 5) is 36.5. The van der Waals surface area contributed by atoms with Crippen molar-refractivity contribution in [1.29, 1.82) is 0 Å². The molecule has 0 radical (unpaired) electrons. The molecule has 2 aromatic heterocycles. The average molecular weight is 527 g/mol. The van der Waals surface area contributed by atoms with Crippen LogP contribution in [0, 0.1) is 11.6 Å². The normalized spacial score (nSPS) is 14.3. The van der Waals surface area contributed by atoms with Crippen molar-refractivity contribution < 1.29 is 18.4 Å². The summed E-state index contributed by atoms with van der Waals surface area (Å²) in [7, 11) is 0. The predicted octanol–water partition coefficient (Wildman–Crippen LogP) is 5.19. The summed E-state index contributed by atoms with van der Waals surface area (Å²) in [6.45, 7) is 2.07. The van der Waals surface area contributed by atoms with Crippen molar-refractivity contribution in [2.45, 2.75) is 13.0 Å². The lowest BCUT2D eigenvalue weighted by molar-refractivity contribution is -0.110. The first-order chi connectivity index (χ1) is 18.9. The van der Waals surface area contributed by atoms with Crippen molar-refractivity contribution in [3.05, 3.63) is 113 Å². The van der Waals surface area contributed by atoms with Crippen LogP contribution in [0.15, 0.2) is 73.3 Å². The second-order valence-corrected chi connectivity index (χ2v) is 8.88. The van der Waals surface area contributed by atoms with Gasteiger partial charge in [0.05, 0.1) is 35.4 Å². The molecule has 0 aliphatic carbocycles. The topological polar surface area (TPSA) is 112 Å². The average Bonchev–Trinajstić information content (AvgIpc) is 3.55. The molecule has 0 saturated heterocycles. The predicted molar refractivity (Wildman–Crippen MR) is 146 cm³/mol. The Morgan fingerprint density at radius 3 is 2.79 bits per heavy atom. The molecule has 1 atom stereocenters. The molecular formula is C29H24F2N6O2. The van der Waals surface area contributed by atoms with Crippen molar-refractivity contribution in [3.63, 3.8) is 0 Å². The molecule has 39 heavy (non-hydrogen) atoms. The van der Waals surface area contributed by atoms with Gasteiger partial charge in [-0.05, 0) is 54.5 Å². The molecular weight excluding hydrogens is 502 g/mol. The van der Waals surface area contributed by atoms with Crippen LogP contribution >= 0.6 is 0 Å². The number of hydrogen-bond donors (Lipinski definition) is 4.